The van der Waals surface area contributed by atoms with Gasteiger partial charge >= 0.3 is 0 Å². The van der Waals surface area contributed by atoms with E-state index in [1.165, 1.54) is 4.31 Å². The van der Waals surface area contributed by atoms with Gasteiger partial charge in [-0.15, -0.1) is 0 Å². The van der Waals surface area contributed by atoms with Crippen LogP contribution in [0, 0.1) is 13.8 Å². The third-order valence-electron chi connectivity index (χ3n) is 5.37. The lowest BCUT2D eigenvalue weighted by Gasteiger charge is -2.33. The maximum atomic E-state index is 13.4. The van der Waals surface area contributed by atoms with Crippen LogP contribution >= 0.6 is 15.9 Å². The third-order valence-corrected chi connectivity index (χ3v) is 7.81. The van der Waals surface area contributed by atoms with Crippen molar-refractivity contribution < 1.29 is 13.2 Å². The lowest BCUT2D eigenvalue weighted by atomic mass is 9.95. The number of nitrogens with one attached hydrogen (secondary N) is 1. The Morgan fingerprint density at radius 1 is 1.07 bits per heavy atom. The lowest BCUT2D eigenvalue weighted by molar-refractivity contribution is -0.116. The molecule has 0 unspecified atom stereocenters. The molecule has 2 aromatic rings. The maximum absolute atomic E-state index is 13.4. The van der Waals surface area contributed by atoms with E-state index < -0.39 is 10.0 Å². The summed E-state index contributed by atoms with van der Waals surface area (Å²) in [6, 6.07) is 12.3. The van der Waals surface area contributed by atoms with Gasteiger partial charge in [-0.05, 0) is 68.1 Å². The first-order chi connectivity index (χ1) is 13.8. The molecule has 1 saturated carbocycles. The summed E-state index contributed by atoms with van der Waals surface area (Å²) in [4.78, 5) is 13.1. The molecule has 1 aliphatic rings. The number of anilines is 1. The minimum absolute atomic E-state index is 0.151. The Morgan fingerprint density at radius 2 is 1.72 bits per heavy atom. The molecule has 1 N–H and O–H groups in total. The van der Waals surface area contributed by atoms with Crippen molar-refractivity contribution in [3.63, 3.8) is 0 Å². The van der Waals surface area contributed by atoms with Gasteiger partial charge in [-0.25, -0.2) is 8.42 Å². The highest BCUT2D eigenvalue weighted by atomic mass is 79.9. The molecule has 0 radical (unpaired) electrons. The number of nitrogens with zero attached hydrogens (tertiary/aromatic N) is 1. The van der Waals surface area contributed by atoms with Gasteiger partial charge in [0, 0.05) is 16.2 Å². The van der Waals surface area contributed by atoms with Crippen LogP contribution in [-0.2, 0) is 14.8 Å². The molecule has 0 saturated heterocycles. The Morgan fingerprint density at radius 3 is 2.38 bits per heavy atom. The number of rotatable bonds is 6. The molecule has 1 aliphatic carbocycles. The van der Waals surface area contributed by atoms with Crippen molar-refractivity contribution >= 4 is 37.5 Å². The van der Waals surface area contributed by atoms with E-state index in [0.29, 0.717) is 0 Å². The van der Waals surface area contributed by atoms with E-state index >= 15 is 0 Å². The predicted molar refractivity (Wildman–Crippen MR) is 119 cm³/mol. The zero-order valence-electron chi connectivity index (χ0n) is 16.8. The number of aryl methyl sites for hydroxylation is 2. The van der Waals surface area contributed by atoms with Crippen molar-refractivity contribution in [2.24, 2.45) is 0 Å². The summed E-state index contributed by atoms with van der Waals surface area (Å²) in [7, 11) is -3.77. The Balaban J connectivity index is 1.86. The monoisotopic (exact) mass is 478 g/mol. The topological polar surface area (TPSA) is 66.5 Å². The number of carbonyl (C=O) groups excluding carboxylic acids is 1. The standard InChI is InChI=1S/C22H27BrN2O3S/c1-16-8-9-17(2)21(14-16)24-22(26)15-25(19-6-4-3-5-7-19)29(27,28)20-12-10-18(23)11-13-20/h8-14,19H,3-7,15H2,1-2H3,(H,24,26). The predicted octanol–water partition coefficient (Wildman–Crippen LogP) is 5.03. The Hall–Kier alpha value is -1.70. The number of benzene rings is 2. The number of carbonyl (C=O) groups is 1. The molecule has 29 heavy (non-hydrogen) atoms. The van der Waals surface area contributed by atoms with Crippen molar-refractivity contribution in [3.8, 4) is 0 Å². The van der Waals surface area contributed by atoms with Crippen LogP contribution in [0.1, 0.15) is 43.2 Å². The number of amides is 1. The highest BCUT2D eigenvalue weighted by Crippen LogP contribution is 2.28. The maximum Gasteiger partial charge on any atom is 0.243 e. The fourth-order valence-corrected chi connectivity index (χ4v) is 5.63. The van der Waals surface area contributed by atoms with Gasteiger partial charge in [0.1, 0.15) is 0 Å². The number of hydrogen-bond donors (Lipinski definition) is 1. The van der Waals surface area contributed by atoms with Gasteiger partial charge in [-0.3, -0.25) is 4.79 Å². The minimum atomic E-state index is -3.77. The summed E-state index contributed by atoms with van der Waals surface area (Å²) in [6.07, 6.45) is 4.64. The molecule has 1 amide bonds. The molecule has 1 fully saturated rings. The van der Waals surface area contributed by atoms with E-state index in [-0.39, 0.29) is 23.4 Å². The molecule has 5 nitrogen and oxygen atoms in total. The van der Waals surface area contributed by atoms with Gasteiger partial charge in [0.25, 0.3) is 0 Å². The summed E-state index contributed by atoms with van der Waals surface area (Å²) in [5, 5.41) is 2.90. The van der Waals surface area contributed by atoms with E-state index in [1.54, 1.807) is 24.3 Å². The fourth-order valence-electron chi connectivity index (χ4n) is 3.72. The first kappa shape index (κ1) is 22.0. The highest BCUT2D eigenvalue weighted by molar-refractivity contribution is 9.10. The number of hydrogen-bond acceptors (Lipinski definition) is 3. The second kappa shape index (κ2) is 9.41. The summed E-state index contributed by atoms with van der Waals surface area (Å²) in [6.45, 7) is 3.70. The molecular formula is C22H27BrN2O3S. The van der Waals surface area contributed by atoms with Gasteiger partial charge < -0.3 is 5.32 Å². The summed E-state index contributed by atoms with van der Waals surface area (Å²) < 4.78 is 29.0. The first-order valence-corrected chi connectivity index (χ1v) is 12.2. The lowest BCUT2D eigenvalue weighted by Crippen LogP contribution is -2.45. The van der Waals surface area contributed by atoms with Crippen LogP contribution in [0.15, 0.2) is 51.8 Å². The quantitative estimate of drug-likeness (QED) is 0.632. The van der Waals surface area contributed by atoms with Crippen molar-refractivity contribution in [3.05, 3.63) is 58.1 Å². The Labute approximate surface area is 181 Å². The molecule has 7 heteroatoms. The van der Waals surface area contributed by atoms with Crippen LogP contribution in [0.25, 0.3) is 0 Å². The largest absolute Gasteiger partial charge is 0.325 e. The highest BCUT2D eigenvalue weighted by Gasteiger charge is 2.34. The molecule has 156 valence electrons. The molecule has 0 aliphatic heterocycles. The molecule has 0 bridgehead atoms. The summed E-state index contributed by atoms with van der Waals surface area (Å²) >= 11 is 3.34. The van der Waals surface area contributed by atoms with Crippen molar-refractivity contribution in [2.45, 2.75) is 56.9 Å². The normalized spacial score (nSPS) is 15.4. The van der Waals surface area contributed by atoms with E-state index in [1.807, 2.05) is 32.0 Å². The first-order valence-electron chi connectivity index (χ1n) is 9.92. The Kier molecular flexibility index (Phi) is 7.14. The van der Waals surface area contributed by atoms with E-state index in [4.69, 9.17) is 0 Å². The Bertz CT molecular complexity index is 968. The van der Waals surface area contributed by atoms with Gasteiger partial charge in [0.2, 0.25) is 15.9 Å². The average molecular weight is 479 g/mol. The minimum Gasteiger partial charge on any atom is -0.325 e. The zero-order chi connectivity index (χ0) is 21.0. The van der Waals surface area contributed by atoms with E-state index in [2.05, 4.69) is 21.2 Å². The van der Waals surface area contributed by atoms with Crippen LogP contribution in [0.2, 0.25) is 0 Å². The molecule has 0 spiro atoms. The van der Waals surface area contributed by atoms with Gasteiger partial charge in [-0.1, -0.05) is 47.3 Å². The van der Waals surface area contributed by atoms with Crippen molar-refractivity contribution in [1.82, 2.24) is 4.31 Å². The summed E-state index contributed by atoms with van der Waals surface area (Å²) in [5.41, 5.74) is 2.71. The van der Waals surface area contributed by atoms with Crippen LogP contribution in [0.3, 0.4) is 0 Å². The molecular weight excluding hydrogens is 452 g/mol. The number of halogens is 1. The summed E-state index contributed by atoms with van der Waals surface area (Å²) in [5.74, 6) is -0.315. The van der Waals surface area contributed by atoms with Crippen molar-refractivity contribution in [1.29, 1.82) is 0 Å². The van der Waals surface area contributed by atoms with E-state index in [9.17, 15) is 13.2 Å². The smallest absolute Gasteiger partial charge is 0.243 e. The molecule has 0 atom stereocenters. The fraction of sp³-hybridized carbons (Fsp3) is 0.409. The SMILES string of the molecule is Cc1ccc(C)c(NC(=O)CN(C2CCCCC2)S(=O)(=O)c2ccc(Br)cc2)c1. The second-order valence-corrected chi connectivity index (χ2v) is 10.5. The van der Waals surface area contributed by atoms with Crippen LogP contribution in [0.4, 0.5) is 5.69 Å². The van der Waals surface area contributed by atoms with E-state index in [0.717, 1.165) is 53.4 Å². The molecule has 3 rings (SSSR count). The third kappa shape index (κ3) is 5.47. The molecule has 0 heterocycles. The zero-order valence-corrected chi connectivity index (χ0v) is 19.2. The number of sulfonamides is 1. The van der Waals surface area contributed by atoms with Crippen LogP contribution < -0.4 is 5.32 Å². The van der Waals surface area contributed by atoms with Crippen LogP contribution in [0.5, 0.6) is 0 Å². The van der Waals surface area contributed by atoms with Gasteiger partial charge in [0.15, 0.2) is 0 Å². The average Bonchev–Trinajstić information content (AvgIpc) is 2.70. The van der Waals surface area contributed by atoms with Crippen LogP contribution in [-0.4, -0.2) is 31.2 Å². The second-order valence-electron chi connectivity index (χ2n) is 7.66. The molecule has 2 aromatic carbocycles. The van der Waals surface area contributed by atoms with Gasteiger partial charge in [0.05, 0.1) is 11.4 Å². The van der Waals surface area contributed by atoms with Crippen molar-refractivity contribution in [2.75, 3.05) is 11.9 Å². The van der Waals surface area contributed by atoms with Gasteiger partial charge in [-0.2, -0.15) is 4.31 Å². The molecule has 0 aromatic heterocycles.